The summed E-state index contributed by atoms with van der Waals surface area (Å²) in [4.78, 5) is 32.3. The molecule has 7 nitrogen and oxygen atoms in total. The van der Waals surface area contributed by atoms with E-state index in [1.54, 1.807) is 18.3 Å². The summed E-state index contributed by atoms with van der Waals surface area (Å²) in [6.45, 7) is 0.646. The highest BCUT2D eigenvalue weighted by atomic mass is 35.5. The molecule has 0 aromatic carbocycles. The van der Waals surface area contributed by atoms with Gasteiger partial charge in [-0.25, -0.2) is 9.78 Å². The predicted molar refractivity (Wildman–Crippen MR) is 86.5 cm³/mol. The van der Waals surface area contributed by atoms with Crippen molar-refractivity contribution in [3.05, 3.63) is 59.1 Å². The van der Waals surface area contributed by atoms with Crippen LogP contribution in [0, 0.1) is 0 Å². The average molecular weight is 350 g/mol. The van der Waals surface area contributed by atoms with Crippen LogP contribution < -0.4 is 5.32 Å². The lowest BCUT2D eigenvalue weighted by Gasteiger charge is -2.17. The Bertz CT molecular complexity index is 679. The number of hydrogen-bond acceptors (Lipinski definition) is 6. The number of pyridine rings is 2. The van der Waals surface area contributed by atoms with Crippen molar-refractivity contribution in [3.8, 4) is 0 Å². The minimum absolute atomic E-state index is 0.193. The summed E-state index contributed by atoms with van der Waals surface area (Å²) in [5.41, 5.74) is 0.653. The van der Waals surface area contributed by atoms with E-state index in [4.69, 9.17) is 21.1 Å². The number of ether oxygens (including phenoxy) is 2. The summed E-state index contributed by atoms with van der Waals surface area (Å²) in [6, 6.07) is 6.25. The van der Waals surface area contributed by atoms with Crippen molar-refractivity contribution < 1.29 is 19.1 Å². The molecule has 2 aromatic heterocycles. The first kappa shape index (κ1) is 17.8. The van der Waals surface area contributed by atoms with Crippen LogP contribution in [0.1, 0.15) is 22.0 Å². The van der Waals surface area contributed by atoms with Gasteiger partial charge in [0.1, 0.15) is 5.15 Å². The Morgan fingerprint density at radius 3 is 2.75 bits per heavy atom. The van der Waals surface area contributed by atoms with E-state index in [2.05, 4.69) is 15.3 Å². The van der Waals surface area contributed by atoms with Crippen LogP contribution in [-0.2, 0) is 14.3 Å². The van der Waals surface area contributed by atoms with E-state index in [0.29, 0.717) is 18.7 Å². The van der Waals surface area contributed by atoms with Crippen molar-refractivity contribution in [3.63, 3.8) is 0 Å². The molecule has 126 valence electrons. The number of esters is 1. The van der Waals surface area contributed by atoms with E-state index in [1.807, 2.05) is 0 Å². The van der Waals surface area contributed by atoms with E-state index in [1.165, 1.54) is 31.6 Å². The zero-order valence-corrected chi connectivity index (χ0v) is 13.7. The van der Waals surface area contributed by atoms with Crippen molar-refractivity contribution in [2.24, 2.45) is 0 Å². The molecule has 1 unspecified atom stereocenters. The molecule has 0 saturated carbocycles. The van der Waals surface area contributed by atoms with Gasteiger partial charge in [0.2, 0.25) is 6.10 Å². The van der Waals surface area contributed by atoms with E-state index < -0.39 is 18.0 Å². The van der Waals surface area contributed by atoms with Crippen molar-refractivity contribution in [1.82, 2.24) is 15.3 Å². The van der Waals surface area contributed by atoms with Crippen LogP contribution in [0.25, 0.3) is 0 Å². The summed E-state index contributed by atoms with van der Waals surface area (Å²) in [7, 11) is 1.53. The van der Waals surface area contributed by atoms with Crippen LogP contribution in [-0.4, -0.2) is 42.1 Å². The number of carbonyl (C=O) groups excluding carboxylic acids is 2. The topological polar surface area (TPSA) is 90.4 Å². The first-order valence-electron chi connectivity index (χ1n) is 7.11. The molecule has 0 radical (unpaired) electrons. The van der Waals surface area contributed by atoms with Crippen molar-refractivity contribution >= 4 is 23.5 Å². The number of nitrogens with zero attached hydrogens (tertiary/aromatic N) is 2. The van der Waals surface area contributed by atoms with Gasteiger partial charge in [-0.2, -0.15) is 0 Å². The number of methoxy groups -OCH3 is 1. The van der Waals surface area contributed by atoms with E-state index in [9.17, 15) is 9.59 Å². The quantitative estimate of drug-likeness (QED) is 0.465. The zero-order chi connectivity index (χ0) is 17.4. The molecule has 0 aliphatic rings. The minimum atomic E-state index is -1.13. The molecule has 2 rings (SSSR count). The second kappa shape index (κ2) is 8.95. The highest BCUT2D eigenvalue weighted by Crippen LogP contribution is 2.19. The van der Waals surface area contributed by atoms with Crippen molar-refractivity contribution in [1.29, 1.82) is 0 Å². The molecule has 1 amide bonds. The molecule has 0 saturated heterocycles. The smallest absolute Gasteiger partial charge is 0.340 e. The lowest BCUT2D eigenvalue weighted by Crippen LogP contribution is -2.34. The lowest BCUT2D eigenvalue weighted by atomic mass is 10.1. The number of aromatic nitrogens is 2. The fraction of sp³-hybridized carbons (Fsp3) is 0.250. The Kier molecular flexibility index (Phi) is 6.65. The maximum Gasteiger partial charge on any atom is 0.340 e. The zero-order valence-electron chi connectivity index (χ0n) is 12.9. The molecule has 8 heteroatoms. The van der Waals surface area contributed by atoms with Crippen molar-refractivity contribution in [2.75, 3.05) is 20.3 Å². The SMILES string of the molecule is COCCNC(=O)C(OC(=O)c1ccc(Cl)nc1)c1cccnc1. The third kappa shape index (κ3) is 5.00. The summed E-state index contributed by atoms with van der Waals surface area (Å²) >= 11 is 5.69. The van der Waals surface area contributed by atoms with Gasteiger partial charge in [0, 0.05) is 37.8 Å². The molecule has 2 aromatic rings. The number of halogens is 1. The number of amides is 1. The summed E-state index contributed by atoms with van der Waals surface area (Å²) in [5, 5.41) is 2.90. The Balaban J connectivity index is 2.14. The molecule has 0 aliphatic heterocycles. The summed E-state index contributed by atoms with van der Waals surface area (Å²) in [6.07, 6.45) is 3.19. The van der Waals surface area contributed by atoms with Crippen LogP contribution in [0.2, 0.25) is 5.15 Å². The van der Waals surface area contributed by atoms with Crippen LogP contribution in [0.3, 0.4) is 0 Å². The third-order valence-electron chi connectivity index (χ3n) is 3.02. The van der Waals surface area contributed by atoms with E-state index in [-0.39, 0.29) is 10.7 Å². The van der Waals surface area contributed by atoms with Gasteiger partial charge in [-0.3, -0.25) is 9.78 Å². The largest absolute Gasteiger partial charge is 0.444 e. The molecule has 2 heterocycles. The highest BCUT2D eigenvalue weighted by molar-refractivity contribution is 6.29. The van der Waals surface area contributed by atoms with Crippen LogP contribution >= 0.6 is 11.6 Å². The average Bonchev–Trinajstić information content (AvgIpc) is 2.61. The van der Waals surface area contributed by atoms with Gasteiger partial charge in [0.25, 0.3) is 5.91 Å². The standard InChI is InChI=1S/C16H16ClN3O4/c1-23-8-7-19-15(21)14(11-3-2-6-18-9-11)24-16(22)12-4-5-13(17)20-10-12/h2-6,9-10,14H,7-8H2,1H3,(H,19,21). The minimum Gasteiger partial charge on any atom is -0.444 e. The van der Waals surface area contributed by atoms with Gasteiger partial charge >= 0.3 is 5.97 Å². The Morgan fingerprint density at radius 1 is 1.29 bits per heavy atom. The molecular weight excluding hydrogens is 334 g/mol. The van der Waals surface area contributed by atoms with Crippen LogP contribution in [0.15, 0.2) is 42.9 Å². The molecule has 0 aliphatic carbocycles. The van der Waals surface area contributed by atoms with Crippen LogP contribution in [0.4, 0.5) is 0 Å². The van der Waals surface area contributed by atoms with E-state index in [0.717, 1.165) is 0 Å². The second-order valence-corrected chi connectivity index (χ2v) is 5.11. The Morgan fingerprint density at radius 2 is 2.12 bits per heavy atom. The molecule has 0 bridgehead atoms. The van der Waals surface area contributed by atoms with Crippen molar-refractivity contribution in [2.45, 2.75) is 6.10 Å². The predicted octanol–water partition coefficient (Wildman–Crippen LogP) is 1.79. The fourth-order valence-electron chi connectivity index (χ4n) is 1.84. The highest BCUT2D eigenvalue weighted by Gasteiger charge is 2.25. The number of nitrogens with one attached hydrogen (secondary N) is 1. The number of rotatable bonds is 7. The summed E-state index contributed by atoms with van der Waals surface area (Å²) in [5.74, 6) is -1.15. The van der Waals surface area contributed by atoms with Crippen LogP contribution in [0.5, 0.6) is 0 Å². The second-order valence-electron chi connectivity index (χ2n) is 4.73. The maximum atomic E-state index is 12.3. The normalized spacial score (nSPS) is 11.6. The monoisotopic (exact) mass is 349 g/mol. The Labute approximate surface area is 144 Å². The van der Waals surface area contributed by atoms with Gasteiger partial charge in [0.05, 0.1) is 12.2 Å². The Hall–Kier alpha value is -2.51. The molecule has 1 N–H and O–H groups in total. The van der Waals surface area contributed by atoms with Gasteiger partial charge in [0.15, 0.2) is 0 Å². The summed E-state index contributed by atoms with van der Waals surface area (Å²) < 4.78 is 10.2. The fourth-order valence-corrected chi connectivity index (χ4v) is 1.96. The third-order valence-corrected chi connectivity index (χ3v) is 3.24. The first-order valence-corrected chi connectivity index (χ1v) is 7.48. The maximum absolute atomic E-state index is 12.3. The van der Waals surface area contributed by atoms with E-state index >= 15 is 0 Å². The molecule has 1 atom stereocenters. The van der Waals surface area contributed by atoms with Gasteiger partial charge in [-0.05, 0) is 18.2 Å². The molecule has 24 heavy (non-hydrogen) atoms. The lowest BCUT2D eigenvalue weighted by molar-refractivity contribution is -0.130. The van der Waals surface area contributed by atoms with Gasteiger partial charge in [-0.15, -0.1) is 0 Å². The number of hydrogen-bond donors (Lipinski definition) is 1. The van der Waals surface area contributed by atoms with Gasteiger partial charge < -0.3 is 14.8 Å². The first-order chi connectivity index (χ1) is 11.6. The molecular formula is C16H16ClN3O4. The molecule has 0 fully saturated rings. The molecule has 0 spiro atoms. The van der Waals surface area contributed by atoms with Gasteiger partial charge in [-0.1, -0.05) is 17.7 Å². The number of carbonyl (C=O) groups is 2.